The molecule has 1 aliphatic heterocycles. The zero-order valence-corrected chi connectivity index (χ0v) is 28.0. The van der Waals surface area contributed by atoms with E-state index >= 15 is 0 Å². The third kappa shape index (κ3) is 5.22. The number of carbonyl (C=O) groups is 1. The van der Waals surface area contributed by atoms with E-state index < -0.39 is 10.0 Å². The number of nitrogens with two attached hydrogens (primary N) is 1. The van der Waals surface area contributed by atoms with Crippen LogP contribution in [-0.4, -0.2) is 70.3 Å². The molecule has 244 valence electrons. The third-order valence-electron chi connectivity index (χ3n) is 9.99. The number of nitrogens with zero attached hydrogens (tertiary/aromatic N) is 5. The van der Waals surface area contributed by atoms with E-state index in [1.165, 1.54) is 0 Å². The lowest BCUT2D eigenvalue weighted by Crippen LogP contribution is -2.41. The van der Waals surface area contributed by atoms with Crippen molar-refractivity contribution in [3.05, 3.63) is 59.1 Å². The molecule has 1 amide bonds. The number of halogens is 1. The number of pyridine rings is 1. The van der Waals surface area contributed by atoms with E-state index in [0.29, 0.717) is 40.9 Å². The van der Waals surface area contributed by atoms with E-state index in [2.05, 4.69) is 15.4 Å². The van der Waals surface area contributed by atoms with Gasteiger partial charge in [-0.3, -0.25) is 9.52 Å². The number of aryl methyl sites for hydroxylation is 1. The Balaban J connectivity index is 1.21. The number of nitrogens with one attached hydrogen (secondary N) is 1. The van der Waals surface area contributed by atoms with Gasteiger partial charge in [-0.25, -0.2) is 18.4 Å². The van der Waals surface area contributed by atoms with Crippen LogP contribution in [0.3, 0.4) is 0 Å². The monoisotopic (exact) mass is 673 g/mol. The number of rotatable bonds is 8. The van der Waals surface area contributed by atoms with E-state index in [0.717, 1.165) is 77.8 Å². The average molecular weight is 674 g/mol. The van der Waals surface area contributed by atoms with Gasteiger partial charge < -0.3 is 24.5 Å². The molecule has 13 heteroatoms. The Morgan fingerprint density at radius 1 is 1.09 bits per heavy atom. The normalized spacial score (nSPS) is 20.9. The summed E-state index contributed by atoms with van der Waals surface area (Å²) < 4.78 is 36.0. The first-order valence-corrected chi connectivity index (χ1v) is 18.2. The van der Waals surface area contributed by atoms with Crippen molar-refractivity contribution in [1.29, 1.82) is 0 Å². The molecule has 3 N–H and O–H groups in total. The Kier molecular flexibility index (Phi) is 7.05. The summed E-state index contributed by atoms with van der Waals surface area (Å²) in [5.74, 6) is 2.24. The number of carbonyl (C=O) groups excluding carboxylic acids is 1. The summed E-state index contributed by atoms with van der Waals surface area (Å²) in [6.45, 7) is 1.50. The highest BCUT2D eigenvalue weighted by Crippen LogP contribution is 2.40. The molecule has 5 aromatic rings. The molecular weight excluding hydrogens is 638 g/mol. The number of methoxy groups -OCH3 is 1. The maximum atomic E-state index is 13.7. The van der Waals surface area contributed by atoms with Crippen LogP contribution in [0.15, 0.2) is 48.5 Å². The summed E-state index contributed by atoms with van der Waals surface area (Å²) in [6.07, 6.45) is 5.44. The number of fused-ring (bicyclic) bond motifs is 4. The first kappa shape index (κ1) is 30.2. The van der Waals surface area contributed by atoms with Crippen LogP contribution in [0, 0.1) is 11.8 Å². The standard InChI is InChI=1S/C34H36ClN7O4S/c1-40-31-26(13-22(15-29(31)46-2)34(43)42-17-21-8-11-27(42)30(21)36)38-33(40)28-14-20-7-9-24(37-32(20)41(28)16-18-4-5-18)19-6-10-25(23(35)12-19)39-47(3,44)45/h6-7,9-10,12-15,18,21,27,30,39H,4-5,8,11,16-17,36H2,1-3H3/t21-,27-,30-/m1/s1. The van der Waals surface area contributed by atoms with Crippen LogP contribution in [0.2, 0.25) is 5.02 Å². The lowest BCUT2D eigenvalue weighted by Gasteiger charge is -2.27. The fourth-order valence-corrected chi connectivity index (χ4v) is 8.30. The Morgan fingerprint density at radius 3 is 2.55 bits per heavy atom. The number of anilines is 1. The highest BCUT2D eigenvalue weighted by atomic mass is 35.5. The van der Waals surface area contributed by atoms with Crippen molar-refractivity contribution in [1.82, 2.24) is 24.0 Å². The minimum absolute atomic E-state index is 0.0279. The summed E-state index contributed by atoms with van der Waals surface area (Å²) >= 11 is 6.46. The van der Waals surface area contributed by atoms with Crippen molar-refractivity contribution in [2.75, 3.05) is 24.6 Å². The van der Waals surface area contributed by atoms with E-state index in [4.69, 9.17) is 32.0 Å². The fraction of sp³-hybridized carbons (Fsp3) is 0.382. The number of likely N-dealkylation sites (tertiary alicyclic amines) is 1. The van der Waals surface area contributed by atoms with Crippen LogP contribution in [0.4, 0.5) is 5.69 Å². The SMILES string of the molecule is COc1cc(C(=O)N2C[C@H]3CC[C@@H]2[C@@H]3N)cc2nc(-c3cc4ccc(-c5ccc(NS(C)(=O)=O)c(Cl)c5)nc4n3CC3CC3)n(C)c12. The molecule has 2 saturated carbocycles. The van der Waals surface area contributed by atoms with Gasteiger partial charge in [0.1, 0.15) is 16.9 Å². The molecule has 2 aliphatic carbocycles. The smallest absolute Gasteiger partial charge is 0.254 e. The topological polar surface area (TPSA) is 137 Å². The van der Waals surface area contributed by atoms with Gasteiger partial charge in [-0.05, 0) is 80.0 Å². The minimum Gasteiger partial charge on any atom is -0.494 e. The zero-order chi connectivity index (χ0) is 32.8. The van der Waals surface area contributed by atoms with Gasteiger partial charge in [0.15, 0.2) is 5.82 Å². The maximum absolute atomic E-state index is 13.7. The highest BCUT2D eigenvalue weighted by molar-refractivity contribution is 7.92. The number of hydrogen-bond donors (Lipinski definition) is 2. The summed E-state index contributed by atoms with van der Waals surface area (Å²) in [5.41, 5.74) is 12.0. The fourth-order valence-electron chi connectivity index (χ4n) is 7.44. The molecule has 3 aliphatic rings. The molecule has 3 fully saturated rings. The molecule has 4 heterocycles. The molecule has 8 rings (SSSR count). The predicted molar refractivity (Wildman–Crippen MR) is 183 cm³/mol. The Hall–Kier alpha value is -4.13. The molecular formula is C34H36ClN7O4S. The van der Waals surface area contributed by atoms with Gasteiger partial charge in [-0.2, -0.15) is 0 Å². The number of sulfonamides is 1. The van der Waals surface area contributed by atoms with Crippen molar-refractivity contribution in [2.24, 2.45) is 24.6 Å². The minimum atomic E-state index is -3.47. The second kappa shape index (κ2) is 11.0. The van der Waals surface area contributed by atoms with E-state index in [9.17, 15) is 13.2 Å². The summed E-state index contributed by atoms with van der Waals surface area (Å²) in [4.78, 5) is 25.9. The number of imidazole rings is 1. The highest BCUT2D eigenvalue weighted by Gasteiger charge is 2.47. The number of amides is 1. The van der Waals surface area contributed by atoms with E-state index in [-0.39, 0.29) is 23.0 Å². The summed E-state index contributed by atoms with van der Waals surface area (Å²) in [7, 11) is 0.125. The molecule has 0 radical (unpaired) electrons. The molecule has 0 spiro atoms. The summed E-state index contributed by atoms with van der Waals surface area (Å²) in [5, 5.41) is 1.26. The Bertz CT molecular complexity index is 2210. The van der Waals surface area contributed by atoms with Gasteiger partial charge in [0.2, 0.25) is 10.0 Å². The second-order valence-corrected chi connectivity index (χ2v) is 15.4. The average Bonchev–Trinajstić information content (AvgIpc) is 3.44. The number of hydrogen-bond acceptors (Lipinski definition) is 7. The first-order chi connectivity index (χ1) is 22.5. The number of ether oxygens (including phenoxy) is 1. The van der Waals surface area contributed by atoms with Crippen LogP contribution in [0.5, 0.6) is 5.75 Å². The number of aromatic nitrogens is 4. The van der Waals surface area contributed by atoms with Crippen LogP contribution >= 0.6 is 11.6 Å². The van der Waals surface area contributed by atoms with Crippen LogP contribution < -0.4 is 15.2 Å². The van der Waals surface area contributed by atoms with Crippen LogP contribution in [-0.2, 0) is 23.6 Å². The molecule has 2 aromatic carbocycles. The molecule has 0 unspecified atom stereocenters. The van der Waals surface area contributed by atoms with Crippen molar-refractivity contribution in [3.63, 3.8) is 0 Å². The number of benzene rings is 2. The Morgan fingerprint density at radius 2 is 1.89 bits per heavy atom. The third-order valence-corrected chi connectivity index (χ3v) is 10.9. The van der Waals surface area contributed by atoms with Crippen LogP contribution in [0.1, 0.15) is 36.0 Å². The van der Waals surface area contributed by atoms with E-state index in [1.54, 1.807) is 25.3 Å². The van der Waals surface area contributed by atoms with Gasteiger partial charge in [0, 0.05) is 48.7 Å². The predicted octanol–water partition coefficient (Wildman–Crippen LogP) is 5.26. The molecule has 3 aromatic heterocycles. The van der Waals surface area contributed by atoms with Gasteiger partial charge in [-0.15, -0.1) is 0 Å². The molecule has 1 saturated heterocycles. The summed E-state index contributed by atoms with van der Waals surface area (Å²) in [6, 6.07) is 15.1. The lowest BCUT2D eigenvalue weighted by atomic mass is 10.1. The van der Waals surface area contributed by atoms with Gasteiger partial charge >= 0.3 is 0 Å². The van der Waals surface area contributed by atoms with Gasteiger partial charge in [0.05, 0.1) is 41.0 Å². The molecule has 11 nitrogen and oxygen atoms in total. The molecule has 2 bridgehead atoms. The molecule has 47 heavy (non-hydrogen) atoms. The lowest BCUT2D eigenvalue weighted by molar-refractivity contribution is 0.0700. The van der Waals surface area contributed by atoms with Gasteiger partial charge in [0.25, 0.3) is 5.91 Å². The quantitative estimate of drug-likeness (QED) is 0.229. The van der Waals surface area contributed by atoms with Crippen LogP contribution in [0.25, 0.3) is 44.8 Å². The second-order valence-electron chi connectivity index (χ2n) is 13.2. The van der Waals surface area contributed by atoms with Gasteiger partial charge in [-0.1, -0.05) is 17.7 Å². The molecule has 3 atom stereocenters. The van der Waals surface area contributed by atoms with Crippen molar-refractivity contribution >= 4 is 55.3 Å². The zero-order valence-electron chi connectivity index (χ0n) is 26.4. The van der Waals surface area contributed by atoms with Crippen molar-refractivity contribution in [3.8, 4) is 28.5 Å². The van der Waals surface area contributed by atoms with Crippen molar-refractivity contribution in [2.45, 2.75) is 44.3 Å². The first-order valence-electron chi connectivity index (χ1n) is 15.9. The van der Waals surface area contributed by atoms with Crippen molar-refractivity contribution < 1.29 is 17.9 Å². The largest absolute Gasteiger partial charge is 0.494 e. The maximum Gasteiger partial charge on any atom is 0.254 e. The Labute approximate surface area is 277 Å². The number of piperidine rings is 1. The van der Waals surface area contributed by atoms with E-state index in [1.807, 2.05) is 40.8 Å².